The highest BCUT2D eigenvalue weighted by molar-refractivity contribution is 5.99. The van der Waals surface area contributed by atoms with Crippen LogP contribution in [0.4, 0.5) is 10.6 Å². The largest absolute Gasteiger partial charge is 0.359 e. The number of aryl methyl sites for hydroxylation is 1. The van der Waals surface area contributed by atoms with Crippen molar-refractivity contribution in [3.63, 3.8) is 0 Å². The first-order chi connectivity index (χ1) is 13.6. The quantitative estimate of drug-likeness (QED) is 0.615. The molecular weight excluding hydrogens is 354 g/mol. The number of hydrogen-bond donors (Lipinski definition) is 3. The molecule has 0 aliphatic carbocycles. The summed E-state index contributed by atoms with van der Waals surface area (Å²) in [7, 11) is 1.63. The normalized spacial score (nSPS) is 10.5. The number of hydrogen-bond acceptors (Lipinski definition) is 4. The van der Waals surface area contributed by atoms with E-state index in [1.54, 1.807) is 19.4 Å². The molecule has 0 spiro atoms. The van der Waals surface area contributed by atoms with E-state index in [9.17, 15) is 9.59 Å². The monoisotopic (exact) mass is 377 g/mol. The van der Waals surface area contributed by atoms with Crippen molar-refractivity contribution in [1.29, 1.82) is 0 Å². The average Bonchev–Trinajstić information content (AvgIpc) is 2.72. The number of anilines is 1. The SMILES string of the molecule is CCNC(=O)Nc1cc2c(-c3ccnc(CCC(=O)NC)c3)cccc2cn1. The maximum Gasteiger partial charge on any atom is 0.320 e. The van der Waals surface area contributed by atoms with Gasteiger partial charge < -0.3 is 10.6 Å². The molecule has 0 radical (unpaired) electrons. The number of carbonyl (C=O) groups excluding carboxylic acids is 2. The third kappa shape index (κ3) is 4.62. The topological polar surface area (TPSA) is 96.0 Å². The van der Waals surface area contributed by atoms with Crippen molar-refractivity contribution in [2.75, 3.05) is 18.9 Å². The molecule has 3 rings (SSSR count). The molecule has 0 aliphatic heterocycles. The fourth-order valence-electron chi connectivity index (χ4n) is 2.96. The molecule has 144 valence electrons. The standard InChI is InChI=1S/C21H23N5O2/c1-3-23-21(28)26-19-12-18-15(13-25-19)5-4-6-17(18)14-9-10-24-16(11-14)7-8-20(27)22-2/h4-6,9-13H,3,7-8H2,1-2H3,(H,22,27)(H2,23,25,26,28). The molecule has 0 atom stereocenters. The second-order valence-electron chi connectivity index (χ2n) is 6.29. The van der Waals surface area contributed by atoms with Crippen LogP contribution in [-0.2, 0) is 11.2 Å². The molecule has 2 aromatic heterocycles. The van der Waals surface area contributed by atoms with Crippen molar-refractivity contribution in [2.45, 2.75) is 19.8 Å². The Bertz CT molecular complexity index is 1000. The Hall–Kier alpha value is -3.48. The summed E-state index contributed by atoms with van der Waals surface area (Å²) in [6, 6.07) is 11.5. The number of amides is 3. The first-order valence-corrected chi connectivity index (χ1v) is 9.20. The number of nitrogens with zero attached hydrogens (tertiary/aromatic N) is 2. The lowest BCUT2D eigenvalue weighted by Gasteiger charge is -2.10. The number of fused-ring (bicyclic) bond motifs is 1. The molecule has 2 heterocycles. The zero-order chi connectivity index (χ0) is 19.9. The molecule has 7 heteroatoms. The van der Waals surface area contributed by atoms with Crippen LogP contribution in [0, 0.1) is 0 Å². The van der Waals surface area contributed by atoms with Gasteiger partial charge in [0.2, 0.25) is 5.91 Å². The van der Waals surface area contributed by atoms with Crippen LogP contribution in [0.3, 0.4) is 0 Å². The number of aromatic nitrogens is 2. The van der Waals surface area contributed by atoms with Gasteiger partial charge >= 0.3 is 6.03 Å². The summed E-state index contributed by atoms with van der Waals surface area (Å²) in [5, 5.41) is 10.0. The molecule has 28 heavy (non-hydrogen) atoms. The van der Waals surface area contributed by atoms with Crippen molar-refractivity contribution in [2.24, 2.45) is 0 Å². The van der Waals surface area contributed by atoms with Gasteiger partial charge in [-0.15, -0.1) is 0 Å². The van der Waals surface area contributed by atoms with E-state index in [4.69, 9.17) is 0 Å². The van der Waals surface area contributed by atoms with Crippen LogP contribution in [0.25, 0.3) is 21.9 Å². The van der Waals surface area contributed by atoms with Crippen LogP contribution in [0.15, 0.2) is 48.8 Å². The Morgan fingerprint density at radius 1 is 1.11 bits per heavy atom. The van der Waals surface area contributed by atoms with Crippen LogP contribution in [0.2, 0.25) is 0 Å². The zero-order valence-electron chi connectivity index (χ0n) is 16.0. The molecular formula is C21H23N5O2. The highest BCUT2D eigenvalue weighted by Gasteiger charge is 2.09. The maximum atomic E-state index is 11.8. The van der Waals surface area contributed by atoms with Gasteiger partial charge in [-0.25, -0.2) is 9.78 Å². The number of pyridine rings is 2. The van der Waals surface area contributed by atoms with Gasteiger partial charge in [0, 0.05) is 43.5 Å². The van der Waals surface area contributed by atoms with Crippen molar-refractivity contribution < 1.29 is 9.59 Å². The lowest BCUT2D eigenvalue weighted by Crippen LogP contribution is -2.28. The van der Waals surface area contributed by atoms with Crippen LogP contribution < -0.4 is 16.0 Å². The second-order valence-corrected chi connectivity index (χ2v) is 6.29. The summed E-state index contributed by atoms with van der Waals surface area (Å²) in [6.45, 7) is 2.40. The molecule has 0 unspecified atom stereocenters. The highest BCUT2D eigenvalue weighted by Crippen LogP contribution is 2.30. The summed E-state index contributed by atoms with van der Waals surface area (Å²) in [5.74, 6) is 0.476. The van der Waals surface area contributed by atoms with Crippen molar-refractivity contribution in [3.05, 3.63) is 54.5 Å². The van der Waals surface area contributed by atoms with Crippen molar-refractivity contribution >= 4 is 28.5 Å². The molecule has 3 N–H and O–H groups in total. The molecule has 0 saturated carbocycles. The minimum atomic E-state index is -0.285. The summed E-state index contributed by atoms with van der Waals surface area (Å²) in [6.07, 6.45) is 4.47. The van der Waals surface area contributed by atoms with Gasteiger partial charge in [0.05, 0.1) is 0 Å². The molecule has 0 aliphatic rings. The molecule has 0 fully saturated rings. The van der Waals surface area contributed by atoms with E-state index in [1.165, 1.54) is 0 Å². The van der Waals surface area contributed by atoms with E-state index in [0.29, 0.717) is 25.2 Å². The maximum absolute atomic E-state index is 11.8. The minimum absolute atomic E-state index is 0.00971. The van der Waals surface area contributed by atoms with Gasteiger partial charge in [-0.3, -0.25) is 15.1 Å². The van der Waals surface area contributed by atoms with Gasteiger partial charge in [-0.2, -0.15) is 0 Å². The summed E-state index contributed by atoms with van der Waals surface area (Å²) in [5.41, 5.74) is 2.87. The molecule has 0 saturated heterocycles. The van der Waals surface area contributed by atoms with Crippen LogP contribution in [0.1, 0.15) is 19.0 Å². The minimum Gasteiger partial charge on any atom is -0.359 e. The van der Waals surface area contributed by atoms with E-state index in [-0.39, 0.29) is 11.9 Å². The predicted octanol–water partition coefficient (Wildman–Crippen LogP) is 3.12. The van der Waals surface area contributed by atoms with Crippen molar-refractivity contribution in [3.8, 4) is 11.1 Å². The molecule has 1 aromatic carbocycles. The second kappa shape index (κ2) is 8.94. The van der Waals surface area contributed by atoms with Gasteiger partial charge in [0.1, 0.15) is 5.82 Å². The third-order valence-electron chi connectivity index (χ3n) is 4.36. The van der Waals surface area contributed by atoms with Gasteiger partial charge in [0.25, 0.3) is 0 Å². The summed E-state index contributed by atoms with van der Waals surface area (Å²) >= 11 is 0. The van der Waals surface area contributed by atoms with E-state index in [1.807, 2.05) is 43.3 Å². The smallest absolute Gasteiger partial charge is 0.320 e. The average molecular weight is 377 g/mol. The fraction of sp³-hybridized carbons (Fsp3) is 0.238. The number of urea groups is 1. The Labute approximate surface area is 163 Å². The summed E-state index contributed by atoms with van der Waals surface area (Å²) in [4.78, 5) is 32.0. The molecule has 3 amide bonds. The lowest BCUT2D eigenvalue weighted by atomic mass is 9.99. The van der Waals surface area contributed by atoms with Crippen LogP contribution in [-0.4, -0.2) is 35.5 Å². The number of rotatable bonds is 6. The number of benzene rings is 1. The first-order valence-electron chi connectivity index (χ1n) is 9.20. The van der Waals surface area contributed by atoms with Gasteiger partial charge in [-0.1, -0.05) is 18.2 Å². The first kappa shape index (κ1) is 19.3. The molecule has 7 nitrogen and oxygen atoms in total. The predicted molar refractivity (Wildman–Crippen MR) is 110 cm³/mol. The van der Waals surface area contributed by atoms with Crippen molar-refractivity contribution in [1.82, 2.24) is 20.6 Å². The van der Waals surface area contributed by atoms with Gasteiger partial charge in [-0.05, 0) is 48.1 Å². The number of carbonyl (C=O) groups is 2. The Morgan fingerprint density at radius 2 is 1.96 bits per heavy atom. The lowest BCUT2D eigenvalue weighted by molar-refractivity contribution is -0.120. The van der Waals surface area contributed by atoms with Gasteiger partial charge in [0.15, 0.2) is 0 Å². The number of nitrogens with one attached hydrogen (secondary N) is 3. The zero-order valence-corrected chi connectivity index (χ0v) is 16.0. The van der Waals surface area contributed by atoms with E-state index >= 15 is 0 Å². The van der Waals surface area contributed by atoms with Crippen LogP contribution >= 0.6 is 0 Å². The van der Waals surface area contributed by atoms with E-state index in [0.717, 1.165) is 27.6 Å². The Kier molecular flexibility index (Phi) is 6.16. The summed E-state index contributed by atoms with van der Waals surface area (Å²) < 4.78 is 0. The Morgan fingerprint density at radius 3 is 2.75 bits per heavy atom. The highest BCUT2D eigenvalue weighted by atomic mass is 16.2. The van der Waals surface area contributed by atoms with Crippen LogP contribution in [0.5, 0.6) is 0 Å². The Balaban J connectivity index is 1.94. The van der Waals surface area contributed by atoms with E-state index in [2.05, 4.69) is 25.9 Å². The van der Waals surface area contributed by atoms with E-state index < -0.39 is 0 Å². The molecule has 0 bridgehead atoms. The molecule has 3 aromatic rings. The third-order valence-corrected chi connectivity index (χ3v) is 4.36. The fourth-order valence-corrected chi connectivity index (χ4v) is 2.96.